The SMILES string of the molecule is CC1=CC=CCCC1.CCC(C)CCCOc1ccc(COC=O)cc1.CN1CCc2sccc2C1. The monoisotopic (exact) mass is 511 g/mol. The lowest BCUT2D eigenvalue weighted by atomic mass is 10.0. The maximum absolute atomic E-state index is 10.1. The van der Waals surface area contributed by atoms with Crippen molar-refractivity contribution in [1.82, 2.24) is 4.90 Å². The fourth-order valence-electron chi connectivity index (χ4n) is 3.94. The molecule has 198 valence electrons. The molecule has 2 aliphatic rings. The molecule has 0 spiro atoms. The molecule has 0 fully saturated rings. The molecule has 2 aromatic rings. The Labute approximate surface area is 223 Å². The van der Waals surface area contributed by atoms with Crippen LogP contribution in [0.5, 0.6) is 5.75 Å². The zero-order valence-corrected chi connectivity index (χ0v) is 23.5. The third-order valence-electron chi connectivity index (χ3n) is 6.51. The van der Waals surface area contributed by atoms with Crippen LogP contribution < -0.4 is 4.74 Å². The fraction of sp³-hybridized carbons (Fsp3) is 0.516. The first-order valence-electron chi connectivity index (χ1n) is 13.3. The van der Waals surface area contributed by atoms with Gasteiger partial charge >= 0.3 is 0 Å². The Morgan fingerprint density at radius 2 is 1.97 bits per heavy atom. The largest absolute Gasteiger partial charge is 0.494 e. The minimum absolute atomic E-state index is 0.317. The van der Waals surface area contributed by atoms with Gasteiger partial charge in [0.05, 0.1) is 6.61 Å². The van der Waals surface area contributed by atoms with Gasteiger partial charge in [-0.05, 0) is 93.1 Å². The summed E-state index contributed by atoms with van der Waals surface area (Å²) in [6, 6.07) is 9.89. The van der Waals surface area contributed by atoms with E-state index in [1.165, 1.54) is 50.6 Å². The number of allylic oxidation sites excluding steroid dienone is 4. The molecule has 4 nitrogen and oxygen atoms in total. The number of hydrogen-bond acceptors (Lipinski definition) is 5. The number of fused-ring (bicyclic) bond motifs is 1. The van der Waals surface area contributed by atoms with Gasteiger partial charge in [0.25, 0.3) is 6.47 Å². The van der Waals surface area contributed by atoms with E-state index in [0.717, 1.165) is 36.8 Å². The van der Waals surface area contributed by atoms with Crippen molar-refractivity contribution in [2.24, 2.45) is 5.92 Å². The molecule has 1 aliphatic carbocycles. The number of carbonyl (C=O) groups is 1. The van der Waals surface area contributed by atoms with Crippen LogP contribution in [0.2, 0.25) is 0 Å². The predicted octanol–water partition coefficient (Wildman–Crippen LogP) is 7.97. The highest BCUT2D eigenvalue weighted by atomic mass is 32.1. The second kappa shape index (κ2) is 18.0. The van der Waals surface area contributed by atoms with Gasteiger partial charge < -0.3 is 14.4 Å². The smallest absolute Gasteiger partial charge is 0.293 e. The van der Waals surface area contributed by atoms with Gasteiger partial charge in [-0.15, -0.1) is 11.3 Å². The van der Waals surface area contributed by atoms with E-state index < -0.39 is 0 Å². The number of rotatable bonds is 9. The average molecular weight is 512 g/mol. The van der Waals surface area contributed by atoms with Crippen molar-refractivity contribution in [3.8, 4) is 5.75 Å². The normalized spacial score (nSPS) is 15.6. The molecule has 0 radical (unpaired) electrons. The standard InChI is InChI=1S/C15H22O3.C8H11NS.C8H12/c1-3-13(2)5-4-10-18-15-8-6-14(7-9-15)11-17-12-16;1-9-4-2-8-7(6-9)3-5-10-8;1-8-6-4-2-3-5-7-8/h6-9,12-13H,3-5,10-11H2,1-2H3;3,5H,2,4,6H2,1H3;2,4,6H,3,5,7H2,1H3. The Morgan fingerprint density at radius 1 is 1.17 bits per heavy atom. The number of carbonyl (C=O) groups excluding carboxylic acids is 1. The Balaban J connectivity index is 0.000000211. The van der Waals surface area contributed by atoms with Crippen LogP contribution in [0.3, 0.4) is 0 Å². The van der Waals surface area contributed by atoms with Crippen LogP contribution in [0.1, 0.15) is 75.3 Å². The van der Waals surface area contributed by atoms with Gasteiger partial charge in [0, 0.05) is 18.0 Å². The van der Waals surface area contributed by atoms with E-state index in [2.05, 4.69) is 67.1 Å². The summed E-state index contributed by atoms with van der Waals surface area (Å²) in [5, 5.41) is 2.20. The summed E-state index contributed by atoms with van der Waals surface area (Å²) in [7, 11) is 2.18. The molecule has 1 aromatic carbocycles. The quantitative estimate of drug-likeness (QED) is 0.253. The van der Waals surface area contributed by atoms with Crippen LogP contribution in [0.25, 0.3) is 0 Å². The second-order valence-corrected chi connectivity index (χ2v) is 10.7. The van der Waals surface area contributed by atoms with Crippen LogP contribution >= 0.6 is 11.3 Å². The molecule has 4 rings (SSSR count). The number of ether oxygens (including phenoxy) is 2. The van der Waals surface area contributed by atoms with Crippen molar-refractivity contribution in [3.05, 3.63) is 75.5 Å². The highest BCUT2D eigenvalue weighted by molar-refractivity contribution is 7.10. The third kappa shape index (κ3) is 12.5. The molecule has 1 atom stereocenters. The van der Waals surface area contributed by atoms with Gasteiger partial charge in [-0.2, -0.15) is 0 Å². The van der Waals surface area contributed by atoms with Crippen molar-refractivity contribution in [2.45, 2.75) is 78.9 Å². The molecule has 0 amide bonds. The molecule has 0 saturated heterocycles. The van der Waals surface area contributed by atoms with Crippen molar-refractivity contribution >= 4 is 17.8 Å². The molecule has 1 aromatic heterocycles. The number of benzene rings is 1. The van der Waals surface area contributed by atoms with E-state index in [1.807, 2.05) is 35.6 Å². The van der Waals surface area contributed by atoms with Gasteiger partial charge in [-0.1, -0.05) is 56.2 Å². The predicted molar refractivity (Wildman–Crippen MR) is 153 cm³/mol. The lowest BCUT2D eigenvalue weighted by molar-refractivity contribution is -0.129. The Hall–Kier alpha value is -2.37. The van der Waals surface area contributed by atoms with Crippen LogP contribution in [0.4, 0.5) is 0 Å². The number of thiophene rings is 1. The van der Waals surface area contributed by atoms with Crippen molar-refractivity contribution in [1.29, 1.82) is 0 Å². The maximum atomic E-state index is 10.1. The zero-order chi connectivity index (χ0) is 26.0. The Kier molecular flexibility index (Phi) is 14.9. The lowest BCUT2D eigenvalue weighted by Gasteiger charge is -2.21. The maximum Gasteiger partial charge on any atom is 0.293 e. The summed E-state index contributed by atoms with van der Waals surface area (Å²) in [6.07, 6.45) is 15.2. The van der Waals surface area contributed by atoms with Crippen molar-refractivity contribution < 1.29 is 14.3 Å². The van der Waals surface area contributed by atoms with Crippen LogP contribution in [-0.4, -0.2) is 31.6 Å². The first kappa shape index (κ1) is 29.9. The number of likely N-dealkylation sites (N-methyl/N-ethyl adjacent to an activating group) is 1. The zero-order valence-electron chi connectivity index (χ0n) is 22.7. The van der Waals surface area contributed by atoms with Crippen LogP contribution in [-0.2, 0) is 29.1 Å². The van der Waals surface area contributed by atoms with Gasteiger partial charge in [-0.3, -0.25) is 4.79 Å². The molecule has 0 N–H and O–H groups in total. The molecular weight excluding hydrogens is 466 g/mol. The summed E-state index contributed by atoms with van der Waals surface area (Å²) in [6.45, 7) is 10.6. The first-order valence-corrected chi connectivity index (χ1v) is 14.2. The minimum atomic E-state index is 0.317. The van der Waals surface area contributed by atoms with E-state index in [0.29, 0.717) is 13.1 Å². The van der Waals surface area contributed by atoms with Crippen LogP contribution in [0, 0.1) is 5.92 Å². The van der Waals surface area contributed by atoms with Crippen LogP contribution in [0.15, 0.2) is 59.5 Å². The second-order valence-electron chi connectivity index (χ2n) is 9.75. The van der Waals surface area contributed by atoms with E-state index in [1.54, 1.807) is 10.4 Å². The molecule has 1 aliphatic heterocycles. The molecular formula is C31H45NO3S. The van der Waals surface area contributed by atoms with Gasteiger partial charge in [-0.25, -0.2) is 0 Å². The summed E-state index contributed by atoms with van der Waals surface area (Å²) in [5.41, 5.74) is 4.02. The molecule has 36 heavy (non-hydrogen) atoms. The summed E-state index contributed by atoms with van der Waals surface area (Å²) in [4.78, 5) is 14.0. The van der Waals surface area contributed by atoms with E-state index in [9.17, 15) is 4.79 Å². The molecule has 0 saturated carbocycles. The highest BCUT2D eigenvalue weighted by Crippen LogP contribution is 2.22. The van der Waals surface area contributed by atoms with Gasteiger partial charge in [0.1, 0.15) is 12.4 Å². The molecule has 2 heterocycles. The first-order chi connectivity index (χ1) is 17.5. The third-order valence-corrected chi connectivity index (χ3v) is 7.53. The van der Waals surface area contributed by atoms with Crippen molar-refractivity contribution in [3.63, 3.8) is 0 Å². The Morgan fingerprint density at radius 3 is 2.72 bits per heavy atom. The number of nitrogens with zero attached hydrogens (tertiary/aromatic N) is 1. The van der Waals surface area contributed by atoms with Gasteiger partial charge in [0.2, 0.25) is 0 Å². The number of hydrogen-bond donors (Lipinski definition) is 0. The Bertz CT molecular complexity index is 916. The molecule has 5 heteroatoms. The fourth-order valence-corrected chi connectivity index (χ4v) is 4.83. The van der Waals surface area contributed by atoms with E-state index >= 15 is 0 Å². The van der Waals surface area contributed by atoms with E-state index in [4.69, 9.17) is 4.74 Å². The highest BCUT2D eigenvalue weighted by Gasteiger charge is 2.12. The topological polar surface area (TPSA) is 38.8 Å². The molecule has 0 bridgehead atoms. The summed E-state index contributed by atoms with van der Waals surface area (Å²) >= 11 is 1.90. The minimum Gasteiger partial charge on any atom is -0.494 e. The summed E-state index contributed by atoms with van der Waals surface area (Å²) < 4.78 is 10.3. The van der Waals surface area contributed by atoms with E-state index in [-0.39, 0.29) is 0 Å². The molecule has 1 unspecified atom stereocenters. The summed E-state index contributed by atoms with van der Waals surface area (Å²) in [5.74, 6) is 1.64. The van der Waals surface area contributed by atoms with Crippen molar-refractivity contribution in [2.75, 3.05) is 20.2 Å². The average Bonchev–Trinajstić information content (AvgIpc) is 3.23. The van der Waals surface area contributed by atoms with Gasteiger partial charge in [0.15, 0.2) is 0 Å². The lowest BCUT2D eigenvalue weighted by Crippen LogP contribution is -2.25.